The normalized spacial score (nSPS) is 25.7. The van der Waals surface area contributed by atoms with Crippen molar-refractivity contribution in [3.63, 3.8) is 0 Å². The molecule has 3 saturated carbocycles. The van der Waals surface area contributed by atoms with Crippen LogP contribution in [0.25, 0.3) is 17.0 Å². The first kappa shape index (κ1) is 19.4. The Morgan fingerprint density at radius 2 is 1.93 bits per heavy atom. The van der Waals surface area contributed by atoms with Gasteiger partial charge in [0.2, 0.25) is 21.7 Å². The number of sulfonamides is 1. The number of nitrogens with one attached hydrogen (secondary N) is 1. The molecule has 3 aliphatic carbocycles. The average molecular weight is 429 g/mol. The van der Waals surface area contributed by atoms with E-state index in [-0.39, 0.29) is 16.3 Å². The van der Waals surface area contributed by atoms with Crippen LogP contribution in [-0.4, -0.2) is 44.0 Å². The zero-order chi connectivity index (χ0) is 21.5. The van der Waals surface area contributed by atoms with Gasteiger partial charge in [0.15, 0.2) is 0 Å². The summed E-state index contributed by atoms with van der Waals surface area (Å²) in [6.07, 6.45) is 5.01. The lowest BCUT2D eigenvalue weighted by Gasteiger charge is -2.74. The number of benzene rings is 1. The molecule has 2 bridgehead atoms. The molecule has 0 radical (unpaired) electrons. The number of nitrogens with zero attached hydrogens (tertiary/aromatic N) is 4. The minimum absolute atomic E-state index is 0.175. The lowest BCUT2D eigenvalue weighted by molar-refractivity contribution is -0.244. The molecule has 0 saturated heterocycles. The van der Waals surface area contributed by atoms with Crippen molar-refractivity contribution in [2.45, 2.75) is 56.1 Å². The van der Waals surface area contributed by atoms with Crippen LogP contribution in [0.3, 0.4) is 0 Å². The third kappa shape index (κ3) is 2.67. The molecule has 158 valence electrons. The van der Waals surface area contributed by atoms with Gasteiger partial charge >= 0.3 is 0 Å². The van der Waals surface area contributed by atoms with Crippen molar-refractivity contribution in [3.8, 4) is 11.3 Å². The largest absolute Gasteiger partial charge is 0.390 e. The highest BCUT2D eigenvalue weighted by molar-refractivity contribution is 7.89. The van der Waals surface area contributed by atoms with Gasteiger partial charge < -0.3 is 10.8 Å². The maximum absolute atomic E-state index is 13.1. The number of nitrogen functional groups attached to an aromatic ring is 1. The van der Waals surface area contributed by atoms with Crippen LogP contribution in [0.5, 0.6) is 0 Å². The fourth-order valence-electron chi connectivity index (χ4n) is 4.90. The van der Waals surface area contributed by atoms with E-state index in [1.165, 1.54) is 6.33 Å². The molecule has 3 fully saturated rings. The van der Waals surface area contributed by atoms with Gasteiger partial charge in [-0.3, -0.25) is 4.40 Å². The topological polar surface area (TPSA) is 136 Å². The molecule has 0 unspecified atom stereocenters. The monoisotopic (exact) mass is 428 g/mol. The second kappa shape index (κ2) is 5.77. The van der Waals surface area contributed by atoms with Gasteiger partial charge in [0.1, 0.15) is 6.33 Å². The van der Waals surface area contributed by atoms with Gasteiger partial charge in [-0.2, -0.15) is 0 Å². The minimum Gasteiger partial charge on any atom is -0.390 e. The Morgan fingerprint density at radius 1 is 1.23 bits per heavy atom. The average Bonchev–Trinajstić information content (AvgIpc) is 3.01. The molecular weight excluding hydrogens is 404 g/mol. The predicted octanol–water partition coefficient (Wildman–Crippen LogP) is 1.65. The lowest BCUT2D eigenvalue weighted by Crippen LogP contribution is -2.79. The predicted molar refractivity (Wildman–Crippen MR) is 111 cm³/mol. The van der Waals surface area contributed by atoms with Gasteiger partial charge in [-0.05, 0) is 57.7 Å². The third-order valence-corrected chi connectivity index (χ3v) is 8.35. The van der Waals surface area contributed by atoms with Crippen molar-refractivity contribution in [2.75, 3.05) is 5.73 Å². The first-order valence-electron chi connectivity index (χ1n) is 9.77. The van der Waals surface area contributed by atoms with Crippen LogP contribution in [0.4, 0.5) is 5.95 Å². The molecule has 4 N–H and O–H groups in total. The van der Waals surface area contributed by atoms with Crippen LogP contribution in [0.2, 0.25) is 0 Å². The number of aryl methyl sites for hydroxylation is 1. The number of nitrogens with two attached hydrogens (primary N) is 1. The molecular formula is C20H24N6O3S. The minimum atomic E-state index is -3.72. The Bertz CT molecular complexity index is 1270. The number of hydrogen-bond donors (Lipinski definition) is 3. The summed E-state index contributed by atoms with van der Waals surface area (Å²) in [5, 5.41) is 10.3. The Kier molecular flexibility index (Phi) is 3.73. The fourth-order valence-corrected chi connectivity index (χ4v) is 6.32. The van der Waals surface area contributed by atoms with Gasteiger partial charge in [0.05, 0.1) is 16.2 Å². The molecule has 3 aromatic rings. The molecule has 0 amide bonds. The number of aliphatic hydroxyl groups is 1. The van der Waals surface area contributed by atoms with E-state index in [2.05, 4.69) is 19.7 Å². The maximum atomic E-state index is 13.1. The van der Waals surface area contributed by atoms with Crippen LogP contribution in [-0.2, 0) is 10.0 Å². The summed E-state index contributed by atoms with van der Waals surface area (Å²) in [7, 11) is -3.72. The summed E-state index contributed by atoms with van der Waals surface area (Å²) >= 11 is 0. The maximum Gasteiger partial charge on any atom is 0.241 e. The van der Waals surface area contributed by atoms with Crippen molar-refractivity contribution in [3.05, 3.63) is 36.3 Å². The van der Waals surface area contributed by atoms with Gasteiger partial charge in [-0.1, -0.05) is 6.07 Å². The summed E-state index contributed by atoms with van der Waals surface area (Å²) < 4.78 is 30.6. The van der Waals surface area contributed by atoms with E-state index in [0.717, 1.165) is 5.56 Å². The van der Waals surface area contributed by atoms with E-state index < -0.39 is 21.2 Å². The zero-order valence-corrected chi connectivity index (χ0v) is 17.9. The van der Waals surface area contributed by atoms with Crippen molar-refractivity contribution in [2.24, 2.45) is 5.41 Å². The van der Waals surface area contributed by atoms with Gasteiger partial charge in [-0.25, -0.2) is 28.1 Å². The van der Waals surface area contributed by atoms with E-state index in [4.69, 9.17) is 5.73 Å². The Labute approximate surface area is 174 Å². The smallest absolute Gasteiger partial charge is 0.241 e. The molecule has 10 heteroatoms. The lowest BCUT2D eigenvalue weighted by atomic mass is 9.35. The van der Waals surface area contributed by atoms with E-state index in [0.29, 0.717) is 36.3 Å². The highest BCUT2D eigenvalue weighted by atomic mass is 32.2. The Balaban J connectivity index is 1.45. The van der Waals surface area contributed by atoms with E-state index in [1.54, 1.807) is 42.6 Å². The molecule has 0 aliphatic heterocycles. The van der Waals surface area contributed by atoms with Gasteiger partial charge in [0.25, 0.3) is 0 Å². The van der Waals surface area contributed by atoms with Crippen LogP contribution in [0, 0.1) is 12.3 Å². The molecule has 30 heavy (non-hydrogen) atoms. The van der Waals surface area contributed by atoms with Crippen molar-refractivity contribution < 1.29 is 13.5 Å². The fraction of sp³-hybridized carbons (Fsp3) is 0.450. The van der Waals surface area contributed by atoms with Crippen LogP contribution < -0.4 is 10.5 Å². The Morgan fingerprint density at radius 3 is 2.57 bits per heavy atom. The zero-order valence-electron chi connectivity index (χ0n) is 17.0. The number of aromatic nitrogens is 4. The van der Waals surface area contributed by atoms with E-state index in [1.807, 2.05) is 6.92 Å². The van der Waals surface area contributed by atoms with Gasteiger partial charge in [0, 0.05) is 22.7 Å². The first-order chi connectivity index (χ1) is 13.9. The molecule has 3 aliphatic rings. The van der Waals surface area contributed by atoms with Crippen molar-refractivity contribution in [1.82, 2.24) is 24.1 Å². The van der Waals surface area contributed by atoms with Crippen LogP contribution >= 0.6 is 0 Å². The van der Waals surface area contributed by atoms with Gasteiger partial charge in [-0.15, -0.1) is 0 Å². The SMILES string of the molecule is Cc1ccc(S(=O)(=O)NC23CC(C(C)(C)O)(C2)C3)cc1-c1cn2c(N)ncnc2n1. The third-order valence-electron chi connectivity index (χ3n) is 6.77. The number of imidazole rings is 1. The summed E-state index contributed by atoms with van der Waals surface area (Å²) in [6.45, 7) is 5.48. The second-order valence-corrected chi connectivity index (χ2v) is 10.9. The van der Waals surface area contributed by atoms with E-state index in [9.17, 15) is 13.5 Å². The molecule has 0 atom stereocenters. The van der Waals surface area contributed by atoms with Crippen molar-refractivity contribution >= 4 is 21.7 Å². The summed E-state index contributed by atoms with van der Waals surface area (Å²) in [5.41, 5.74) is 6.59. The van der Waals surface area contributed by atoms with Crippen LogP contribution in [0.1, 0.15) is 38.7 Å². The standard InChI is InChI=1S/C20H24N6O3S/c1-12-4-5-13(6-14(12)15-7-26-16(21)22-11-23-17(26)24-15)30(28,29)25-20-8-19(9-20,10-20)18(2,3)27/h4-7,11,25,27H,8-10H2,1-3H3,(H2,21,22,23,24). The molecule has 0 spiro atoms. The molecule has 2 heterocycles. The van der Waals surface area contributed by atoms with Crippen LogP contribution in [0.15, 0.2) is 35.6 Å². The number of anilines is 1. The Hall–Kier alpha value is -2.56. The molecule has 2 aromatic heterocycles. The summed E-state index contributed by atoms with van der Waals surface area (Å²) in [4.78, 5) is 12.7. The first-order valence-corrected chi connectivity index (χ1v) is 11.3. The number of rotatable bonds is 5. The molecule has 1 aromatic carbocycles. The number of fused-ring (bicyclic) bond motifs is 1. The molecule has 9 nitrogen and oxygen atoms in total. The van der Waals surface area contributed by atoms with E-state index >= 15 is 0 Å². The quantitative estimate of drug-likeness (QED) is 0.562. The highest BCUT2D eigenvalue weighted by Gasteiger charge is 2.73. The number of hydrogen-bond acceptors (Lipinski definition) is 7. The second-order valence-electron chi connectivity index (χ2n) is 9.26. The van der Waals surface area contributed by atoms with Crippen molar-refractivity contribution in [1.29, 1.82) is 0 Å². The molecule has 6 rings (SSSR count). The summed E-state index contributed by atoms with van der Waals surface area (Å²) in [5.74, 6) is 0.653. The summed E-state index contributed by atoms with van der Waals surface area (Å²) in [6, 6.07) is 4.99. The highest BCUT2D eigenvalue weighted by Crippen LogP contribution is 2.71.